The quantitative estimate of drug-likeness (QED) is 0.120. The van der Waals surface area contributed by atoms with Crippen LogP contribution in [-0.4, -0.2) is 18.3 Å². The van der Waals surface area contributed by atoms with Crippen LogP contribution in [0.25, 0.3) is 16.7 Å². The van der Waals surface area contributed by atoms with Crippen LogP contribution in [0.15, 0.2) is 35.2 Å². The van der Waals surface area contributed by atoms with Crippen LogP contribution in [0, 0.1) is 29.3 Å². The van der Waals surface area contributed by atoms with Gasteiger partial charge in [0.2, 0.25) is 0 Å². The van der Waals surface area contributed by atoms with Gasteiger partial charge >= 0.3 is 12.1 Å². The van der Waals surface area contributed by atoms with Crippen molar-refractivity contribution in [2.24, 2.45) is 11.8 Å². The van der Waals surface area contributed by atoms with Gasteiger partial charge in [-0.05, 0) is 60.8 Å². The maximum atomic E-state index is 15.4. The summed E-state index contributed by atoms with van der Waals surface area (Å²) in [4.78, 5) is 11.8. The lowest BCUT2D eigenvalue weighted by Gasteiger charge is -2.22. The fourth-order valence-corrected chi connectivity index (χ4v) is 6.40. The first kappa shape index (κ1) is 34.1. The molecule has 2 unspecified atom stereocenters. The van der Waals surface area contributed by atoms with Crippen molar-refractivity contribution in [1.29, 1.82) is 0 Å². The van der Waals surface area contributed by atoms with Crippen LogP contribution in [-0.2, 0) is 15.7 Å². The summed E-state index contributed by atoms with van der Waals surface area (Å²) in [6.07, 6.45) is 5.26. The molecule has 3 rings (SSSR count). The molecule has 42 heavy (non-hydrogen) atoms. The van der Waals surface area contributed by atoms with E-state index in [9.17, 15) is 22.4 Å². The Hall–Kier alpha value is -2.42. The molecule has 232 valence electrons. The summed E-state index contributed by atoms with van der Waals surface area (Å²) < 4.78 is 91.3. The minimum atomic E-state index is -5.29. The monoisotopic (exact) mass is 614 g/mol. The molecule has 9 heteroatoms. The molecule has 0 aromatic heterocycles. The number of rotatable bonds is 14. The fourth-order valence-electron chi connectivity index (χ4n) is 5.37. The van der Waals surface area contributed by atoms with Crippen LogP contribution < -0.4 is 0 Å². The average molecular weight is 615 g/mol. The minimum Gasteiger partial charge on any atom is -0.465 e. The van der Waals surface area contributed by atoms with Crippen LogP contribution in [0.1, 0.15) is 96.1 Å². The maximum Gasteiger partial charge on any atom is 0.422 e. The summed E-state index contributed by atoms with van der Waals surface area (Å²) in [6.45, 7) is 6.44. The van der Waals surface area contributed by atoms with Gasteiger partial charge in [0.1, 0.15) is 17.2 Å². The van der Waals surface area contributed by atoms with Crippen molar-refractivity contribution in [2.75, 3.05) is 12.4 Å². The van der Waals surface area contributed by atoms with E-state index < -0.39 is 40.1 Å². The van der Waals surface area contributed by atoms with E-state index in [0.29, 0.717) is 29.3 Å². The minimum absolute atomic E-state index is 0.122. The third-order valence-electron chi connectivity index (χ3n) is 7.88. The number of hydrogen-bond donors (Lipinski definition) is 0. The van der Waals surface area contributed by atoms with Gasteiger partial charge in [-0.1, -0.05) is 71.1 Å². The largest absolute Gasteiger partial charge is 0.465 e. The van der Waals surface area contributed by atoms with Crippen LogP contribution in [0.4, 0.5) is 26.3 Å². The number of esters is 1. The second kappa shape index (κ2) is 15.9. The molecule has 2 nitrogen and oxygen atoms in total. The van der Waals surface area contributed by atoms with Crippen LogP contribution in [0.5, 0.6) is 0 Å². The molecule has 0 N–H and O–H groups in total. The number of alkyl halides is 3. The number of thioether (sulfide) groups is 1. The third kappa shape index (κ3) is 9.04. The van der Waals surface area contributed by atoms with Crippen molar-refractivity contribution in [2.45, 2.75) is 96.1 Å². The summed E-state index contributed by atoms with van der Waals surface area (Å²) >= 11 is 0.615. The van der Waals surface area contributed by atoms with Gasteiger partial charge in [-0.15, -0.1) is 11.8 Å². The van der Waals surface area contributed by atoms with E-state index in [1.165, 1.54) is 12.1 Å². The normalized spacial score (nSPS) is 16.3. The van der Waals surface area contributed by atoms with E-state index in [2.05, 4.69) is 19.9 Å². The van der Waals surface area contributed by atoms with Gasteiger partial charge in [0.25, 0.3) is 0 Å². The van der Waals surface area contributed by atoms with E-state index in [4.69, 9.17) is 4.74 Å². The Kier molecular flexibility index (Phi) is 12.9. The molecule has 0 spiro atoms. The smallest absolute Gasteiger partial charge is 0.422 e. The van der Waals surface area contributed by atoms with Gasteiger partial charge in [0, 0.05) is 16.9 Å². The number of benzene rings is 2. The first-order chi connectivity index (χ1) is 20.0. The van der Waals surface area contributed by atoms with Crippen LogP contribution >= 0.6 is 11.8 Å². The molecular weight excluding hydrogens is 574 g/mol. The SMILES string of the molecule is CCCCC(CC)COC(=O)CCSc1c(-c2ccc(C3=CCC(CCC)CC3)cc2F)cc(F)c(C(F)(F)F)c1F. The lowest BCUT2D eigenvalue weighted by atomic mass is 9.84. The van der Waals surface area contributed by atoms with E-state index in [1.54, 1.807) is 6.07 Å². The molecule has 2 atom stereocenters. The van der Waals surface area contributed by atoms with Crippen molar-refractivity contribution in [1.82, 2.24) is 0 Å². The predicted octanol–water partition coefficient (Wildman–Crippen LogP) is 11.0. The number of carbonyl (C=O) groups excluding carboxylic acids is 1. The van der Waals surface area contributed by atoms with Gasteiger partial charge in [0.15, 0.2) is 5.82 Å². The Balaban J connectivity index is 1.84. The highest BCUT2D eigenvalue weighted by atomic mass is 32.2. The van der Waals surface area contributed by atoms with E-state index >= 15 is 8.78 Å². The molecule has 0 saturated heterocycles. The molecule has 0 amide bonds. The number of halogens is 6. The zero-order valence-corrected chi connectivity index (χ0v) is 25.3. The Morgan fingerprint density at radius 1 is 1.05 bits per heavy atom. The second-order valence-corrected chi connectivity index (χ2v) is 12.1. The Morgan fingerprint density at radius 2 is 1.81 bits per heavy atom. The molecule has 1 aliphatic carbocycles. The lowest BCUT2D eigenvalue weighted by Crippen LogP contribution is -2.15. The van der Waals surface area contributed by atoms with Gasteiger partial charge in [-0.25, -0.2) is 13.2 Å². The first-order valence-corrected chi connectivity index (χ1v) is 15.8. The topological polar surface area (TPSA) is 26.3 Å². The van der Waals surface area contributed by atoms with Gasteiger partial charge < -0.3 is 4.74 Å². The molecule has 2 aromatic carbocycles. The van der Waals surface area contributed by atoms with E-state index in [0.717, 1.165) is 63.4 Å². The van der Waals surface area contributed by atoms with E-state index in [1.807, 2.05) is 6.92 Å². The number of allylic oxidation sites excluding steroid dienone is 2. The maximum absolute atomic E-state index is 15.4. The predicted molar refractivity (Wildman–Crippen MR) is 157 cm³/mol. The van der Waals surface area contributed by atoms with Crippen LogP contribution in [0.3, 0.4) is 0 Å². The summed E-state index contributed by atoms with van der Waals surface area (Å²) in [6, 6.07) is 4.78. The number of hydrogen-bond acceptors (Lipinski definition) is 3. The molecule has 0 radical (unpaired) electrons. The van der Waals surface area contributed by atoms with Crippen LogP contribution in [0.2, 0.25) is 0 Å². The zero-order chi connectivity index (χ0) is 30.9. The average Bonchev–Trinajstić information content (AvgIpc) is 2.94. The Morgan fingerprint density at radius 3 is 2.40 bits per heavy atom. The number of carbonyl (C=O) groups is 1. The molecule has 0 heterocycles. The molecule has 0 aliphatic heterocycles. The fraction of sp³-hybridized carbons (Fsp3) is 0.545. The van der Waals surface area contributed by atoms with Crippen molar-refractivity contribution < 1.29 is 35.9 Å². The Labute approximate surface area is 249 Å². The second-order valence-electron chi connectivity index (χ2n) is 11.0. The number of ether oxygens (including phenoxy) is 1. The van der Waals surface area contributed by atoms with Crippen molar-refractivity contribution in [3.63, 3.8) is 0 Å². The summed E-state index contributed by atoms with van der Waals surface area (Å²) in [5.74, 6) is -4.31. The van der Waals surface area contributed by atoms with Crippen molar-refractivity contribution in [3.8, 4) is 11.1 Å². The Bertz CT molecular complexity index is 1240. The van der Waals surface area contributed by atoms with E-state index in [-0.39, 0.29) is 35.8 Å². The molecular formula is C33H40F6O2S. The summed E-state index contributed by atoms with van der Waals surface area (Å²) in [5, 5.41) is 0. The highest BCUT2D eigenvalue weighted by Crippen LogP contribution is 2.43. The third-order valence-corrected chi connectivity index (χ3v) is 8.98. The zero-order valence-electron chi connectivity index (χ0n) is 24.5. The van der Waals surface area contributed by atoms with Gasteiger partial charge in [0.05, 0.1) is 17.9 Å². The highest BCUT2D eigenvalue weighted by Gasteiger charge is 2.40. The van der Waals surface area contributed by atoms with Crippen molar-refractivity contribution >= 4 is 23.3 Å². The summed E-state index contributed by atoms with van der Waals surface area (Å²) in [7, 11) is 0. The standard InChI is InChI=1S/C33H40F6O2S/c1-4-7-9-21(6-3)20-41-29(40)16-17-42-32-26(19-28(35)30(31(32)36)33(37,38)39)25-15-14-24(18-27(25)34)23-12-10-22(8-5-2)11-13-23/h12,14-15,18-19,21-22H,4-11,13,16-17,20H2,1-3H3. The molecule has 0 fully saturated rings. The summed E-state index contributed by atoms with van der Waals surface area (Å²) in [5.41, 5.74) is -0.959. The molecule has 2 aromatic rings. The molecule has 1 aliphatic rings. The van der Waals surface area contributed by atoms with Gasteiger partial charge in [-0.2, -0.15) is 13.2 Å². The van der Waals surface area contributed by atoms with Crippen molar-refractivity contribution in [3.05, 3.63) is 58.9 Å². The first-order valence-electron chi connectivity index (χ1n) is 14.9. The lowest BCUT2D eigenvalue weighted by molar-refractivity contribution is -0.145. The highest BCUT2D eigenvalue weighted by molar-refractivity contribution is 7.99. The number of unbranched alkanes of at least 4 members (excludes halogenated alkanes) is 1. The molecule has 0 bridgehead atoms. The molecule has 0 saturated carbocycles. The van der Waals surface area contributed by atoms with Gasteiger partial charge in [-0.3, -0.25) is 4.79 Å².